The first kappa shape index (κ1) is 20.1. The van der Waals surface area contributed by atoms with Crippen LogP contribution in [0, 0.1) is 17.2 Å². The van der Waals surface area contributed by atoms with Gasteiger partial charge >= 0.3 is 6.18 Å². The SMILES string of the molecule is N#CCC1(n2cc(C(N)=O)c(NC(=O)C3CC3)n2)CCN(CC(F)(F)F)CC1. The number of nitrogens with zero attached hydrogens (tertiary/aromatic N) is 4. The van der Waals surface area contributed by atoms with Gasteiger partial charge in [0.1, 0.15) is 5.56 Å². The van der Waals surface area contributed by atoms with Gasteiger partial charge in [0.05, 0.1) is 24.6 Å². The Morgan fingerprint density at radius 1 is 1.36 bits per heavy atom. The predicted molar refractivity (Wildman–Crippen MR) is 92.0 cm³/mol. The number of carbonyl (C=O) groups excluding carboxylic acids is 2. The molecule has 2 amide bonds. The van der Waals surface area contributed by atoms with Gasteiger partial charge in [-0.1, -0.05) is 0 Å². The van der Waals surface area contributed by atoms with E-state index in [1.54, 1.807) is 0 Å². The Bertz CT molecular complexity index is 801. The van der Waals surface area contributed by atoms with Crippen molar-refractivity contribution in [2.75, 3.05) is 25.0 Å². The molecule has 0 radical (unpaired) electrons. The first-order valence-electron chi connectivity index (χ1n) is 9.00. The van der Waals surface area contributed by atoms with E-state index < -0.39 is 24.2 Å². The molecule has 2 aliphatic rings. The van der Waals surface area contributed by atoms with E-state index in [2.05, 4.69) is 16.5 Å². The number of piperidine rings is 1. The second-order valence-electron chi connectivity index (χ2n) is 7.41. The second-order valence-corrected chi connectivity index (χ2v) is 7.41. The van der Waals surface area contributed by atoms with Crippen molar-refractivity contribution >= 4 is 17.6 Å². The number of likely N-dealkylation sites (tertiary alicyclic amines) is 1. The number of nitrogens with one attached hydrogen (secondary N) is 1. The minimum Gasteiger partial charge on any atom is -0.365 e. The zero-order valence-electron chi connectivity index (χ0n) is 15.1. The molecule has 0 aromatic carbocycles. The molecule has 3 N–H and O–H groups in total. The van der Waals surface area contributed by atoms with Crippen LogP contribution in [0.15, 0.2) is 6.20 Å². The van der Waals surface area contributed by atoms with Crippen molar-refractivity contribution in [3.8, 4) is 6.07 Å². The monoisotopic (exact) mass is 398 g/mol. The van der Waals surface area contributed by atoms with E-state index in [0.717, 1.165) is 12.8 Å². The zero-order chi connectivity index (χ0) is 20.5. The highest BCUT2D eigenvalue weighted by atomic mass is 19.4. The summed E-state index contributed by atoms with van der Waals surface area (Å²) in [6.45, 7) is -0.739. The second kappa shape index (κ2) is 7.43. The summed E-state index contributed by atoms with van der Waals surface area (Å²) in [6.07, 6.45) is -0.846. The van der Waals surface area contributed by atoms with Crippen molar-refractivity contribution < 1.29 is 22.8 Å². The fraction of sp³-hybridized carbons (Fsp3) is 0.647. The number of alkyl halides is 3. The van der Waals surface area contributed by atoms with Crippen LogP contribution >= 0.6 is 0 Å². The number of amides is 2. The standard InChI is InChI=1S/C17H21F3N6O2/c18-17(19,20)10-25-7-4-16(3-6-21,5-8-25)26-9-12(13(22)27)14(24-26)23-15(28)11-1-2-11/h9,11H,1-5,7-8,10H2,(H2,22,27)(H,23,24,28). The van der Waals surface area contributed by atoms with E-state index in [0.29, 0.717) is 0 Å². The van der Waals surface area contributed by atoms with Crippen LogP contribution in [0.3, 0.4) is 0 Å². The van der Waals surface area contributed by atoms with Crippen molar-refractivity contribution in [3.63, 3.8) is 0 Å². The maximum atomic E-state index is 12.6. The first-order chi connectivity index (χ1) is 13.1. The molecular formula is C17H21F3N6O2. The van der Waals surface area contributed by atoms with E-state index in [4.69, 9.17) is 5.73 Å². The number of nitrogens with two attached hydrogens (primary N) is 1. The third-order valence-electron chi connectivity index (χ3n) is 5.25. The molecule has 3 rings (SSSR count). The summed E-state index contributed by atoms with van der Waals surface area (Å²) in [5.41, 5.74) is 4.55. The van der Waals surface area contributed by atoms with E-state index in [9.17, 15) is 28.0 Å². The van der Waals surface area contributed by atoms with Gasteiger partial charge in [0.15, 0.2) is 5.82 Å². The number of primary amides is 1. The lowest BCUT2D eigenvalue weighted by Gasteiger charge is -2.40. The van der Waals surface area contributed by atoms with Gasteiger partial charge in [-0.2, -0.15) is 23.5 Å². The molecule has 1 aromatic heterocycles. The Hall–Kier alpha value is -2.61. The lowest BCUT2D eigenvalue weighted by molar-refractivity contribution is -0.150. The summed E-state index contributed by atoms with van der Waals surface area (Å²) < 4.78 is 39.3. The third kappa shape index (κ3) is 4.44. The van der Waals surface area contributed by atoms with E-state index in [-0.39, 0.29) is 55.6 Å². The fourth-order valence-electron chi connectivity index (χ4n) is 3.47. The first-order valence-corrected chi connectivity index (χ1v) is 9.00. The molecule has 28 heavy (non-hydrogen) atoms. The van der Waals surface area contributed by atoms with Crippen LogP contribution in [-0.2, 0) is 10.3 Å². The van der Waals surface area contributed by atoms with Crippen molar-refractivity contribution in [2.45, 2.75) is 43.8 Å². The summed E-state index contributed by atoms with van der Waals surface area (Å²) in [5, 5.41) is 16.1. The van der Waals surface area contributed by atoms with Gasteiger partial charge in [0.25, 0.3) is 5.91 Å². The van der Waals surface area contributed by atoms with E-state index >= 15 is 0 Å². The maximum absolute atomic E-state index is 12.6. The Morgan fingerprint density at radius 2 is 2.00 bits per heavy atom. The van der Waals surface area contributed by atoms with Gasteiger partial charge in [-0.3, -0.25) is 19.2 Å². The van der Waals surface area contributed by atoms with Crippen LogP contribution in [0.2, 0.25) is 0 Å². The van der Waals surface area contributed by atoms with Crippen LogP contribution in [0.5, 0.6) is 0 Å². The summed E-state index contributed by atoms with van der Waals surface area (Å²) in [4.78, 5) is 25.1. The van der Waals surface area contributed by atoms with Crippen LogP contribution < -0.4 is 11.1 Å². The number of hydrogen-bond donors (Lipinski definition) is 2. The molecule has 1 aliphatic carbocycles. The minimum absolute atomic E-state index is 0.0166. The molecule has 1 aromatic rings. The summed E-state index contributed by atoms with van der Waals surface area (Å²) in [6, 6.07) is 2.06. The average Bonchev–Trinajstić information content (AvgIpc) is 3.36. The molecule has 11 heteroatoms. The Kier molecular flexibility index (Phi) is 5.34. The van der Waals surface area contributed by atoms with Gasteiger partial charge in [0.2, 0.25) is 5.91 Å². The molecule has 0 bridgehead atoms. The Morgan fingerprint density at radius 3 is 2.50 bits per heavy atom. The third-order valence-corrected chi connectivity index (χ3v) is 5.25. The number of anilines is 1. The number of nitriles is 1. The fourth-order valence-corrected chi connectivity index (χ4v) is 3.47. The summed E-state index contributed by atoms with van der Waals surface area (Å²) in [7, 11) is 0. The zero-order valence-corrected chi connectivity index (χ0v) is 15.1. The molecule has 2 heterocycles. The van der Waals surface area contributed by atoms with E-state index in [1.807, 2.05) is 0 Å². The topological polar surface area (TPSA) is 117 Å². The van der Waals surface area contributed by atoms with Gasteiger partial charge in [0, 0.05) is 25.2 Å². The van der Waals surface area contributed by atoms with Gasteiger partial charge in [-0.15, -0.1) is 0 Å². The minimum atomic E-state index is -4.29. The lowest BCUT2D eigenvalue weighted by atomic mass is 9.85. The van der Waals surface area contributed by atoms with Gasteiger partial charge in [-0.05, 0) is 25.7 Å². The molecule has 2 fully saturated rings. The smallest absolute Gasteiger partial charge is 0.365 e. The molecular weight excluding hydrogens is 377 g/mol. The number of aromatic nitrogens is 2. The molecule has 0 spiro atoms. The highest BCUT2D eigenvalue weighted by molar-refractivity contribution is 6.02. The average molecular weight is 398 g/mol. The van der Waals surface area contributed by atoms with Crippen LogP contribution in [0.25, 0.3) is 0 Å². The van der Waals surface area contributed by atoms with Gasteiger partial charge < -0.3 is 11.1 Å². The quantitative estimate of drug-likeness (QED) is 0.755. The van der Waals surface area contributed by atoms with Gasteiger partial charge in [-0.25, -0.2) is 0 Å². The normalized spacial score (nSPS) is 19.8. The molecule has 152 valence electrons. The Balaban J connectivity index is 1.83. The molecule has 1 aliphatic heterocycles. The number of hydrogen-bond acceptors (Lipinski definition) is 5. The molecule has 1 saturated heterocycles. The molecule has 8 nitrogen and oxygen atoms in total. The highest BCUT2D eigenvalue weighted by Gasteiger charge is 2.41. The Labute approximate surface area is 159 Å². The molecule has 0 unspecified atom stereocenters. The maximum Gasteiger partial charge on any atom is 0.401 e. The van der Waals surface area contributed by atoms with Crippen molar-refractivity contribution in [1.29, 1.82) is 5.26 Å². The number of halogens is 3. The lowest BCUT2D eigenvalue weighted by Crippen LogP contribution is -2.48. The summed E-state index contributed by atoms with van der Waals surface area (Å²) >= 11 is 0. The van der Waals surface area contributed by atoms with Crippen molar-refractivity contribution in [2.24, 2.45) is 11.7 Å². The largest absolute Gasteiger partial charge is 0.401 e. The van der Waals surface area contributed by atoms with Crippen LogP contribution in [-0.4, -0.2) is 52.3 Å². The van der Waals surface area contributed by atoms with E-state index in [1.165, 1.54) is 15.8 Å². The van der Waals surface area contributed by atoms with Crippen LogP contribution in [0.4, 0.5) is 19.0 Å². The molecule has 0 atom stereocenters. The summed E-state index contributed by atoms with van der Waals surface area (Å²) in [5.74, 6) is -1.11. The number of rotatable bonds is 6. The van der Waals surface area contributed by atoms with Crippen molar-refractivity contribution in [3.05, 3.63) is 11.8 Å². The number of carbonyl (C=O) groups is 2. The predicted octanol–water partition coefficient (Wildman–Crippen LogP) is 1.60. The van der Waals surface area contributed by atoms with Crippen molar-refractivity contribution in [1.82, 2.24) is 14.7 Å². The van der Waals surface area contributed by atoms with Crippen LogP contribution in [0.1, 0.15) is 42.5 Å². The highest BCUT2D eigenvalue weighted by Crippen LogP contribution is 2.36. The molecule has 1 saturated carbocycles.